The Balaban J connectivity index is 2.14. The molecule has 1 aromatic carbocycles. The Bertz CT molecular complexity index is 634. The third kappa shape index (κ3) is 3.24. The zero-order valence-electron chi connectivity index (χ0n) is 10.7. The molecular formula is C13H12BrN3O3. The van der Waals surface area contributed by atoms with Crippen molar-refractivity contribution in [2.24, 2.45) is 0 Å². The first-order chi connectivity index (χ1) is 9.61. The van der Waals surface area contributed by atoms with Gasteiger partial charge in [0.1, 0.15) is 16.8 Å². The lowest BCUT2D eigenvalue weighted by Crippen LogP contribution is -2.01. The second-order valence-corrected chi connectivity index (χ2v) is 4.71. The lowest BCUT2D eigenvalue weighted by atomic mass is 10.3. The highest BCUT2D eigenvalue weighted by atomic mass is 79.9. The fourth-order valence-corrected chi connectivity index (χ4v) is 2.14. The van der Waals surface area contributed by atoms with Crippen molar-refractivity contribution < 1.29 is 9.66 Å². The summed E-state index contributed by atoms with van der Waals surface area (Å²) in [5.74, 6) is 0.413. The number of nitrogens with zero attached hydrogens (tertiary/aromatic N) is 2. The summed E-state index contributed by atoms with van der Waals surface area (Å²) in [5.41, 5.74) is 1.63. The third-order valence-electron chi connectivity index (χ3n) is 2.62. The van der Waals surface area contributed by atoms with E-state index in [4.69, 9.17) is 4.74 Å². The first-order valence-electron chi connectivity index (χ1n) is 5.80. The molecule has 0 spiro atoms. The van der Waals surface area contributed by atoms with Crippen LogP contribution in [0.25, 0.3) is 0 Å². The van der Waals surface area contributed by atoms with Gasteiger partial charge >= 0.3 is 0 Å². The van der Waals surface area contributed by atoms with E-state index < -0.39 is 4.92 Å². The van der Waals surface area contributed by atoms with E-state index in [0.717, 1.165) is 11.4 Å². The van der Waals surface area contributed by atoms with E-state index in [-0.39, 0.29) is 12.3 Å². The number of rotatable bonds is 5. The van der Waals surface area contributed by atoms with Gasteiger partial charge in [-0.2, -0.15) is 0 Å². The summed E-state index contributed by atoms with van der Waals surface area (Å²) in [6.45, 7) is 0.231. The molecule has 1 heterocycles. The largest absolute Gasteiger partial charge is 0.486 e. The van der Waals surface area contributed by atoms with Gasteiger partial charge in [0, 0.05) is 25.0 Å². The Hall–Kier alpha value is -2.15. The Morgan fingerprint density at radius 3 is 2.95 bits per heavy atom. The van der Waals surface area contributed by atoms with Gasteiger partial charge in [-0.15, -0.1) is 0 Å². The van der Waals surface area contributed by atoms with Crippen molar-refractivity contribution in [3.8, 4) is 5.75 Å². The van der Waals surface area contributed by atoms with Crippen molar-refractivity contribution in [3.63, 3.8) is 0 Å². The summed E-state index contributed by atoms with van der Waals surface area (Å²) in [4.78, 5) is 14.5. The summed E-state index contributed by atoms with van der Waals surface area (Å²) in [7, 11) is 1.82. The smallest absolute Gasteiger partial charge is 0.287 e. The maximum Gasteiger partial charge on any atom is 0.287 e. The van der Waals surface area contributed by atoms with Crippen LogP contribution >= 0.6 is 15.9 Å². The number of nitro benzene ring substituents is 1. The molecule has 2 aromatic rings. The molecule has 0 aliphatic rings. The molecule has 104 valence electrons. The standard InChI is InChI=1S/C13H12BrN3O3/c1-15-9-5-6-16-10(7-9)8-20-12-4-2-3-11(13(12)14)17(18)19/h2-7H,8H2,1H3,(H,15,16). The van der Waals surface area contributed by atoms with E-state index in [2.05, 4.69) is 26.2 Å². The van der Waals surface area contributed by atoms with Crippen LogP contribution < -0.4 is 10.1 Å². The molecule has 0 atom stereocenters. The maximum absolute atomic E-state index is 10.8. The predicted molar refractivity (Wildman–Crippen MR) is 78.9 cm³/mol. The molecule has 0 saturated heterocycles. The van der Waals surface area contributed by atoms with Crippen LogP contribution in [0.4, 0.5) is 11.4 Å². The van der Waals surface area contributed by atoms with Gasteiger partial charge in [-0.05, 0) is 34.1 Å². The summed E-state index contributed by atoms with van der Waals surface area (Å²) >= 11 is 3.18. The molecule has 7 heteroatoms. The highest BCUT2D eigenvalue weighted by molar-refractivity contribution is 9.10. The number of halogens is 1. The zero-order valence-corrected chi connectivity index (χ0v) is 12.3. The summed E-state index contributed by atoms with van der Waals surface area (Å²) in [6.07, 6.45) is 1.67. The monoisotopic (exact) mass is 337 g/mol. The van der Waals surface area contributed by atoms with E-state index in [1.54, 1.807) is 18.3 Å². The quantitative estimate of drug-likeness (QED) is 0.668. The van der Waals surface area contributed by atoms with Crippen LogP contribution in [0.2, 0.25) is 0 Å². The van der Waals surface area contributed by atoms with E-state index >= 15 is 0 Å². The van der Waals surface area contributed by atoms with Gasteiger partial charge in [-0.3, -0.25) is 15.1 Å². The second kappa shape index (κ2) is 6.33. The molecule has 0 radical (unpaired) electrons. The fourth-order valence-electron chi connectivity index (χ4n) is 1.62. The maximum atomic E-state index is 10.8. The number of anilines is 1. The van der Waals surface area contributed by atoms with Gasteiger partial charge in [-0.25, -0.2) is 0 Å². The minimum Gasteiger partial charge on any atom is -0.486 e. The average Bonchev–Trinajstić information content (AvgIpc) is 2.46. The van der Waals surface area contributed by atoms with Gasteiger partial charge in [0.25, 0.3) is 5.69 Å². The van der Waals surface area contributed by atoms with Crippen LogP contribution in [0.15, 0.2) is 41.0 Å². The number of pyridine rings is 1. The van der Waals surface area contributed by atoms with Gasteiger partial charge in [0.2, 0.25) is 0 Å². The molecule has 0 aliphatic heterocycles. The number of ether oxygens (including phenoxy) is 1. The molecule has 0 aliphatic carbocycles. The minimum absolute atomic E-state index is 0.0283. The molecule has 0 fully saturated rings. The Labute approximate surface area is 124 Å². The van der Waals surface area contributed by atoms with Gasteiger partial charge in [0.15, 0.2) is 0 Å². The Morgan fingerprint density at radius 1 is 1.45 bits per heavy atom. The molecule has 6 nitrogen and oxygen atoms in total. The van der Waals surface area contributed by atoms with Crippen LogP contribution in [0.5, 0.6) is 5.75 Å². The predicted octanol–water partition coefficient (Wildman–Crippen LogP) is 3.37. The number of aromatic nitrogens is 1. The number of nitrogens with one attached hydrogen (secondary N) is 1. The molecule has 2 rings (SSSR count). The highest BCUT2D eigenvalue weighted by Crippen LogP contribution is 2.34. The zero-order chi connectivity index (χ0) is 14.5. The first kappa shape index (κ1) is 14.3. The Kier molecular flexibility index (Phi) is 4.52. The molecular weight excluding hydrogens is 326 g/mol. The van der Waals surface area contributed by atoms with Gasteiger partial charge in [-0.1, -0.05) is 6.07 Å². The number of hydrogen-bond donors (Lipinski definition) is 1. The van der Waals surface area contributed by atoms with Crippen LogP contribution in [-0.2, 0) is 6.61 Å². The molecule has 0 unspecified atom stereocenters. The van der Waals surface area contributed by atoms with Crippen molar-refractivity contribution in [1.29, 1.82) is 0 Å². The fraction of sp³-hybridized carbons (Fsp3) is 0.154. The van der Waals surface area contributed by atoms with Crippen LogP contribution in [0.3, 0.4) is 0 Å². The van der Waals surface area contributed by atoms with Crippen LogP contribution in [0, 0.1) is 10.1 Å². The van der Waals surface area contributed by atoms with Crippen molar-refractivity contribution >= 4 is 27.3 Å². The summed E-state index contributed by atoms with van der Waals surface area (Å²) in [6, 6.07) is 8.35. The van der Waals surface area contributed by atoms with Crippen molar-refractivity contribution in [1.82, 2.24) is 4.98 Å². The lowest BCUT2D eigenvalue weighted by molar-refractivity contribution is -0.385. The minimum atomic E-state index is -0.461. The molecule has 0 bridgehead atoms. The topological polar surface area (TPSA) is 77.3 Å². The lowest BCUT2D eigenvalue weighted by Gasteiger charge is -2.08. The summed E-state index contributed by atoms with van der Waals surface area (Å²) in [5, 5.41) is 13.8. The number of nitro groups is 1. The van der Waals surface area contributed by atoms with E-state index in [1.807, 2.05) is 19.2 Å². The molecule has 0 saturated carbocycles. The van der Waals surface area contributed by atoms with Gasteiger partial charge in [0.05, 0.1) is 10.6 Å². The second-order valence-electron chi connectivity index (χ2n) is 3.92. The van der Waals surface area contributed by atoms with E-state index in [0.29, 0.717) is 10.2 Å². The van der Waals surface area contributed by atoms with Crippen LogP contribution in [0.1, 0.15) is 5.69 Å². The molecule has 1 N–H and O–H groups in total. The molecule has 20 heavy (non-hydrogen) atoms. The van der Waals surface area contributed by atoms with E-state index in [1.165, 1.54) is 6.07 Å². The third-order valence-corrected chi connectivity index (χ3v) is 3.42. The average molecular weight is 338 g/mol. The number of hydrogen-bond acceptors (Lipinski definition) is 5. The Morgan fingerprint density at radius 2 is 2.25 bits per heavy atom. The van der Waals surface area contributed by atoms with E-state index in [9.17, 15) is 10.1 Å². The molecule has 1 aromatic heterocycles. The summed E-state index contributed by atoms with van der Waals surface area (Å²) < 4.78 is 5.90. The highest BCUT2D eigenvalue weighted by Gasteiger charge is 2.15. The van der Waals surface area contributed by atoms with Crippen molar-refractivity contribution in [2.45, 2.75) is 6.61 Å². The van der Waals surface area contributed by atoms with Gasteiger partial charge < -0.3 is 10.1 Å². The normalized spacial score (nSPS) is 10.1. The van der Waals surface area contributed by atoms with Crippen molar-refractivity contribution in [2.75, 3.05) is 12.4 Å². The first-order valence-corrected chi connectivity index (χ1v) is 6.59. The molecule has 0 amide bonds. The number of benzene rings is 1. The van der Waals surface area contributed by atoms with Crippen molar-refractivity contribution in [3.05, 3.63) is 56.8 Å². The van der Waals surface area contributed by atoms with Crippen LogP contribution in [-0.4, -0.2) is 17.0 Å². The SMILES string of the molecule is CNc1ccnc(COc2cccc([N+](=O)[O-])c2Br)c1.